The summed E-state index contributed by atoms with van der Waals surface area (Å²) >= 11 is 5.95. The summed E-state index contributed by atoms with van der Waals surface area (Å²) in [4.78, 5) is 19.3. The number of urea groups is 1. The summed E-state index contributed by atoms with van der Waals surface area (Å²) in [5.41, 5.74) is 1.18. The maximum Gasteiger partial charge on any atom is 0.317 e. The molecule has 25 heavy (non-hydrogen) atoms. The lowest BCUT2D eigenvalue weighted by molar-refractivity contribution is 0.192. The molecule has 3 fully saturated rings. The van der Waals surface area contributed by atoms with Gasteiger partial charge in [-0.05, 0) is 56.0 Å². The molecule has 1 atom stereocenters. The maximum absolute atomic E-state index is 12.4. The lowest BCUT2D eigenvalue weighted by Gasteiger charge is -2.36. The maximum atomic E-state index is 12.4. The normalized spacial score (nSPS) is 24.6. The second-order valence-corrected chi connectivity index (χ2v) is 7.95. The van der Waals surface area contributed by atoms with Gasteiger partial charge in [0.15, 0.2) is 0 Å². The predicted molar refractivity (Wildman–Crippen MR) is 101 cm³/mol. The Kier molecular flexibility index (Phi) is 5.04. The van der Waals surface area contributed by atoms with E-state index in [1.807, 2.05) is 29.2 Å². The third-order valence-electron chi connectivity index (χ3n) is 5.68. The minimum absolute atomic E-state index is 0.0978. The van der Waals surface area contributed by atoms with Crippen molar-refractivity contribution in [3.05, 3.63) is 29.3 Å². The number of piperazine rings is 1. The van der Waals surface area contributed by atoms with E-state index >= 15 is 0 Å². The lowest BCUT2D eigenvalue weighted by Crippen LogP contribution is -2.52. The number of nitrogens with zero attached hydrogens (tertiary/aromatic N) is 3. The highest BCUT2D eigenvalue weighted by atomic mass is 35.5. The second-order valence-electron chi connectivity index (χ2n) is 7.52. The number of hydrogen-bond donors (Lipinski definition) is 1. The zero-order chi connectivity index (χ0) is 17.2. The number of benzene rings is 1. The molecule has 0 spiro atoms. The van der Waals surface area contributed by atoms with E-state index in [2.05, 4.69) is 15.1 Å². The van der Waals surface area contributed by atoms with Crippen LogP contribution in [0.1, 0.15) is 19.3 Å². The molecule has 1 saturated carbocycles. The number of carbonyl (C=O) groups is 1. The van der Waals surface area contributed by atoms with Crippen LogP contribution in [-0.4, -0.2) is 67.7 Å². The van der Waals surface area contributed by atoms with Gasteiger partial charge in [0.2, 0.25) is 0 Å². The van der Waals surface area contributed by atoms with E-state index in [-0.39, 0.29) is 6.03 Å². The second kappa shape index (κ2) is 7.42. The van der Waals surface area contributed by atoms with E-state index < -0.39 is 0 Å². The van der Waals surface area contributed by atoms with Crippen molar-refractivity contribution in [2.75, 3.05) is 50.7 Å². The highest BCUT2D eigenvalue weighted by molar-refractivity contribution is 6.30. The van der Waals surface area contributed by atoms with Crippen molar-refractivity contribution in [2.24, 2.45) is 5.92 Å². The minimum atomic E-state index is 0.0978. The predicted octanol–water partition coefficient (Wildman–Crippen LogP) is 2.66. The number of rotatable bonds is 4. The summed E-state index contributed by atoms with van der Waals surface area (Å²) in [6.07, 6.45) is 3.97. The van der Waals surface area contributed by atoms with Crippen molar-refractivity contribution in [2.45, 2.75) is 25.3 Å². The molecule has 0 bridgehead atoms. The van der Waals surface area contributed by atoms with Gasteiger partial charge in [-0.2, -0.15) is 0 Å². The van der Waals surface area contributed by atoms with Gasteiger partial charge in [0.05, 0.1) is 0 Å². The fourth-order valence-electron chi connectivity index (χ4n) is 3.96. The number of likely N-dealkylation sites (tertiary alicyclic amines) is 1. The van der Waals surface area contributed by atoms with Crippen molar-refractivity contribution in [3.8, 4) is 0 Å². The molecule has 4 rings (SSSR count). The number of halogens is 1. The highest BCUT2D eigenvalue weighted by Gasteiger charge is 2.34. The Hall–Kier alpha value is -1.46. The monoisotopic (exact) mass is 362 g/mol. The van der Waals surface area contributed by atoms with Crippen LogP contribution in [0.25, 0.3) is 0 Å². The number of nitrogens with one attached hydrogen (secondary N) is 1. The molecular weight excluding hydrogens is 336 g/mol. The van der Waals surface area contributed by atoms with Gasteiger partial charge in [0.1, 0.15) is 0 Å². The topological polar surface area (TPSA) is 38.8 Å². The third kappa shape index (κ3) is 4.21. The SMILES string of the molecule is O=C(NCC1CCN(C2CC2)C1)N1CCN(c2ccc(Cl)cc2)CC1. The fourth-order valence-corrected chi connectivity index (χ4v) is 4.09. The van der Waals surface area contributed by atoms with Crippen LogP contribution in [0, 0.1) is 5.92 Å². The molecule has 1 aliphatic carbocycles. The third-order valence-corrected chi connectivity index (χ3v) is 5.93. The van der Waals surface area contributed by atoms with E-state index in [9.17, 15) is 4.79 Å². The molecule has 1 aromatic carbocycles. The molecule has 3 aliphatic rings. The Morgan fingerprint density at radius 3 is 2.44 bits per heavy atom. The molecule has 1 unspecified atom stereocenters. The van der Waals surface area contributed by atoms with E-state index in [0.717, 1.165) is 50.3 Å². The first-order valence-corrected chi connectivity index (χ1v) is 9.84. The first kappa shape index (κ1) is 17.0. The van der Waals surface area contributed by atoms with Crippen LogP contribution in [0.4, 0.5) is 10.5 Å². The largest absolute Gasteiger partial charge is 0.368 e. The van der Waals surface area contributed by atoms with Gasteiger partial charge in [-0.25, -0.2) is 4.79 Å². The molecule has 2 saturated heterocycles. The van der Waals surface area contributed by atoms with Crippen LogP contribution in [0.3, 0.4) is 0 Å². The van der Waals surface area contributed by atoms with Gasteiger partial charge >= 0.3 is 6.03 Å². The van der Waals surface area contributed by atoms with Crippen LogP contribution in [0.2, 0.25) is 5.02 Å². The van der Waals surface area contributed by atoms with E-state index in [4.69, 9.17) is 11.6 Å². The van der Waals surface area contributed by atoms with Gasteiger partial charge in [-0.1, -0.05) is 11.6 Å². The van der Waals surface area contributed by atoms with Gasteiger partial charge in [-0.15, -0.1) is 0 Å². The van der Waals surface area contributed by atoms with Crippen LogP contribution < -0.4 is 10.2 Å². The van der Waals surface area contributed by atoms with Crippen LogP contribution in [0.15, 0.2) is 24.3 Å². The number of anilines is 1. The average molecular weight is 363 g/mol. The zero-order valence-corrected chi connectivity index (χ0v) is 15.4. The molecule has 5 nitrogen and oxygen atoms in total. The van der Waals surface area contributed by atoms with E-state index in [0.29, 0.717) is 5.92 Å². The van der Waals surface area contributed by atoms with E-state index in [1.165, 1.54) is 31.5 Å². The summed E-state index contributed by atoms with van der Waals surface area (Å²) < 4.78 is 0. The summed E-state index contributed by atoms with van der Waals surface area (Å²) in [6, 6.07) is 8.88. The first-order valence-electron chi connectivity index (χ1n) is 9.46. The highest BCUT2D eigenvalue weighted by Crippen LogP contribution is 2.31. The fraction of sp³-hybridized carbons (Fsp3) is 0.632. The Morgan fingerprint density at radius 1 is 1.04 bits per heavy atom. The summed E-state index contributed by atoms with van der Waals surface area (Å²) in [5, 5.41) is 3.92. The standard InChI is InChI=1S/C19H27ClN4O/c20-16-1-3-17(4-2-16)22-9-11-23(12-10-22)19(25)21-13-15-7-8-24(14-15)18-5-6-18/h1-4,15,18H,5-14H2,(H,21,25). The number of carbonyl (C=O) groups excluding carboxylic acids is 1. The molecule has 0 aromatic heterocycles. The Balaban J connectivity index is 1.19. The number of amides is 2. The first-order chi connectivity index (χ1) is 12.2. The minimum Gasteiger partial charge on any atom is -0.368 e. The molecule has 1 aromatic rings. The van der Waals surface area contributed by atoms with Crippen LogP contribution in [0.5, 0.6) is 0 Å². The Labute approximate surface area is 154 Å². The molecule has 2 heterocycles. The average Bonchev–Trinajstić information content (AvgIpc) is 3.39. The van der Waals surface area contributed by atoms with Gasteiger partial charge in [-0.3, -0.25) is 0 Å². The van der Waals surface area contributed by atoms with Crippen molar-refractivity contribution >= 4 is 23.3 Å². The molecule has 2 aliphatic heterocycles. The summed E-state index contributed by atoms with van der Waals surface area (Å²) in [6.45, 7) is 6.47. The van der Waals surface area contributed by atoms with Crippen molar-refractivity contribution in [3.63, 3.8) is 0 Å². The molecule has 1 N–H and O–H groups in total. The van der Waals surface area contributed by atoms with Crippen LogP contribution >= 0.6 is 11.6 Å². The quantitative estimate of drug-likeness (QED) is 0.895. The molecule has 6 heteroatoms. The molecule has 0 radical (unpaired) electrons. The Bertz CT molecular complexity index is 596. The van der Waals surface area contributed by atoms with Crippen LogP contribution in [-0.2, 0) is 0 Å². The Morgan fingerprint density at radius 2 is 1.76 bits per heavy atom. The molecular formula is C19H27ClN4O. The van der Waals surface area contributed by atoms with Gasteiger partial charge in [0, 0.05) is 56.0 Å². The molecule has 136 valence electrons. The van der Waals surface area contributed by atoms with Gasteiger partial charge in [0.25, 0.3) is 0 Å². The van der Waals surface area contributed by atoms with Crippen molar-refractivity contribution in [1.29, 1.82) is 0 Å². The van der Waals surface area contributed by atoms with Crippen molar-refractivity contribution < 1.29 is 4.79 Å². The van der Waals surface area contributed by atoms with E-state index in [1.54, 1.807) is 0 Å². The summed E-state index contributed by atoms with van der Waals surface area (Å²) in [5.74, 6) is 0.625. The zero-order valence-electron chi connectivity index (χ0n) is 14.7. The van der Waals surface area contributed by atoms with Crippen molar-refractivity contribution in [1.82, 2.24) is 15.1 Å². The molecule has 2 amide bonds. The lowest BCUT2D eigenvalue weighted by atomic mass is 10.1. The summed E-state index contributed by atoms with van der Waals surface area (Å²) in [7, 11) is 0. The number of hydrogen-bond acceptors (Lipinski definition) is 3. The smallest absolute Gasteiger partial charge is 0.317 e. The van der Waals surface area contributed by atoms with Gasteiger partial charge < -0.3 is 20.0 Å².